The monoisotopic (exact) mass is 277 g/mol. The number of hydrogen-bond acceptors (Lipinski definition) is 5. The number of ether oxygens (including phenoxy) is 2. The number of carbonyl (C=O) groups excluding carboxylic acids is 3. The van der Waals surface area contributed by atoms with Crippen molar-refractivity contribution in [2.24, 2.45) is 0 Å². The molecule has 1 N–H and O–H groups in total. The van der Waals surface area contributed by atoms with Gasteiger partial charge in [0.1, 0.15) is 11.6 Å². The zero-order valence-electron chi connectivity index (χ0n) is 10.3. The summed E-state index contributed by atoms with van der Waals surface area (Å²) in [6.45, 7) is 3.70. The van der Waals surface area contributed by atoms with Crippen LogP contribution >= 0.6 is 11.6 Å². The van der Waals surface area contributed by atoms with Gasteiger partial charge in [0, 0.05) is 0 Å². The Morgan fingerprint density at radius 2 is 1.78 bits per heavy atom. The second-order valence-corrected chi connectivity index (χ2v) is 3.30. The van der Waals surface area contributed by atoms with Crippen molar-refractivity contribution in [2.75, 3.05) is 19.1 Å². The second kappa shape index (κ2) is 9.47. The van der Waals surface area contributed by atoms with E-state index >= 15 is 0 Å². The summed E-state index contributed by atoms with van der Waals surface area (Å²) in [4.78, 5) is 33.7. The molecule has 0 aromatic carbocycles. The van der Waals surface area contributed by atoms with Gasteiger partial charge in [-0.3, -0.25) is 9.59 Å². The van der Waals surface area contributed by atoms with Crippen molar-refractivity contribution in [1.29, 1.82) is 0 Å². The first kappa shape index (κ1) is 16.4. The molecule has 0 spiro atoms. The topological polar surface area (TPSA) is 81.7 Å². The molecule has 0 aliphatic rings. The minimum absolute atomic E-state index is 0.115. The molecule has 0 bridgehead atoms. The van der Waals surface area contributed by atoms with Crippen LogP contribution in [0.5, 0.6) is 0 Å². The van der Waals surface area contributed by atoms with Gasteiger partial charge in [0.05, 0.1) is 19.6 Å². The fourth-order valence-electron chi connectivity index (χ4n) is 0.983. The Morgan fingerprint density at radius 3 is 2.28 bits per heavy atom. The van der Waals surface area contributed by atoms with E-state index in [2.05, 4.69) is 10.1 Å². The van der Waals surface area contributed by atoms with E-state index in [1.165, 1.54) is 6.08 Å². The van der Waals surface area contributed by atoms with Crippen molar-refractivity contribution in [3.63, 3.8) is 0 Å². The van der Waals surface area contributed by atoms with Crippen molar-refractivity contribution in [2.45, 2.75) is 20.3 Å². The average Bonchev–Trinajstić information content (AvgIpc) is 2.34. The van der Waals surface area contributed by atoms with Gasteiger partial charge in [-0.1, -0.05) is 0 Å². The van der Waals surface area contributed by atoms with Gasteiger partial charge < -0.3 is 14.8 Å². The lowest BCUT2D eigenvalue weighted by Gasteiger charge is -2.07. The standard InChI is InChI=1S/C11H16ClNO5/c1-3-17-10(15)6-5-8(11(16)18-4-2)13-9(14)7-12/h5H,3-4,6-7H2,1-2H3,(H,13,14)/b8-5-. The zero-order chi connectivity index (χ0) is 14.0. The molecule has 0 aliphatic carbocycles. The third-order valence-electron chi connectivity index (χ3n) is 1.67. The number of nitrogens with one attached hydrogen (secondary N) is 1. The summed E-state index contributed by atoms with van der Waals surface area (Å²) in [5, 5.41) is 2.26. The Hall–Kier alpha value is -1.56. The highest BCUT2D eigenvalue weighted by Gasteiger charge is 2.14. The number of carbonyl (C=O) groups is 3. The SMILES string of the molecule is CCOC(=O)C/C=C(\NC(=O)CCl)C(=O)OCC. The second-order valence-electron chi connectivity index (χ2n) is 3.03. The predicted molar refractivity (Wildman–Crippen MR) is 64.8 cm³/mol. The third kappa shape index (κ3) is 6.90. The largest absolute Gasteiger partial charge is 0.466 e. The van der Waals surface area contributed by atoms with Gasteiger partial charge in [-0.15, -0.1) is 11.6 Å². The van der Waals surface area contributed by atoms with E-state index in [0.717, 1.165) is 0 Å². The summed E-state index contributed by atoms with van der Waals surface area (Å²) in [6.07, 6.45) is 1.10. The van der Waals surface area contributed by atoms with Crippen LogP contribution in [0.2, 0.25) is 0 Å². The first-order valence-corrected chi connectivity index (χ1v) is 5.97. The van der Waals surface area contributed by atoms with E-state index < -0.39 is 17.8 Å². The molecule has 6 nitrogen and oxygen atoms in total. The Bertz CT molecular complexity index is 340. The Labute approximate surface area is 110 Å². The number of halogens is 1. The zero-order valence-corrected chi connectivity index (χ0v) is 11.1. The van der Waals surface area contributed by atoms with Gasteiger partial charge in [-0.25, -0.2) is 4.79 Å². The lowest BCUT2D eigenvalue weighted by Crippen LogP contribution is -2.29. The number of amides is 1. The summed E-state index contributed by atoms with van der Waals surface area (Å²) in [7, 11) is 0. The Morgan fingerprint density at radius 1 is 1.17 bits per heavy atom. The molecule has 1 amide bonds. The molecule has 0 radical (unpaired) electrons. The molecule has 0 fully saturated rings. The lowest BCUT2D eigenvalue weighted by atomic mass is 10.3. The molecule has 18 heavy (non-hydrogen) atoms. The molecule has 0 unspecified atom stereocenters. The number of alkyl halides is 1. The number of esters is 2. The van der Waals surface area contributed by atoms with E-state index in [0.29, 0.717) is 0 Å². The van der Waals surface area contributed by atoms with Gasteiger partial charge >= 0.3 is 11.9 Å². The van der Waals surface area contributed by atoms with Crippen molar-refractivity contribution in [3.05, 3.63) is 11.8 Å². The summed E-state index contributed by atoms with van der Waals surface area (Å²) >= 11 is 5.31. The molecular weight excluding hydrogens is 262 g/mol. The summed E-state index contributed by atoms with van der Waals surface area (Å²) in [5.41, 5.74) is -0.115. The van der Waals surface area contributed by atoms with E-state index in [4.69, 9.17) is 16.3 Å². The van der Waals surface area contributed by atoms with Gasteiger partial charge in [-0.2, -0.15) is 0 Å². The molecule has 0 aliphatic heterocycles. The van der Waals surface area contributed by atoms with Crippen LogP contribution in [0.4, 0.5) is 0 Å². The molecule has 0 aromatic heterocycles. The molecule has 7 heteroatoms. The third-order valence-corrected chi connectivity index (χ3v) is 1.91. The summed E-state index contributed by atoms with van der Waals surface area (Å²) in [6, 6.07) is 0. The molecule has 0 rings (SSSR count). The normalized spacial score (nSPS) is 10.7. The quantitative estimate of drug-likeness (QED) is 0.422. The molecule has 0 saturated carbocycles. The molecule has 0 aromatic rings. The highest BCUT2D eigenvalue weighted by Crippen LogP contribution is 1.99. The van der Waals surface area contributed by atoms with Crippen molar-refractivity contribution in [3.8, 4) is 0 Å². The predicted octanol–water partition coefficient (Wildman–Crippen LogP) is 0.742. The molecule has 0 atom stereocenters. The molecule has 0 saturated heterocycles. The Balaban J connectivity index is 4.63. The van der Waals surface area contributed by atoms with Crippen LogP contribution in [0.15, 0.2) is 11.8 Å². The van der Waals surface area contributed by atoms with Gasteiger partial charge in [-0.05, 0) is 19.9 Å². The van der Waals surface area contributed by atoms with Crippen LogP contribution < -0.4 is 5.32 Å². The van der Waals surface area contributed by atoms with Crippen LogP contribution in [0.3, 0.4) is 0 Å². The van der Waals surface area contributed by atoms with E-state index in [9.17, 15) is 14.4 Å². The van der Waals surface area contributed by atoms with Crippen LogP contribution in [0.25, 0.3) is 0 Å². The maximum absolute atomic E-state index is 11.5. The summed E-state index contributed by atoms with van der Waals surface area (Å²) < 4.78 is 9.41. The molecular formula is C11H16ClNO5. The molecule has 102 valence electrons. The average molecular weight is 278 g/mol. The van der Waals surface area contributed by atoms with Crippen molar-refractivity contribution < 1.29 is 23.9 Å². The van der Waals surface area contributed by atoms with Crippen molar-refractivity contribution >= 4 is 29.4 Å². The summed E-state index contributed by atoms with van der Waals surface area (Å²) in [5.74, 6) is -2.07. The van der Waals surface area contributed by atoms with E-state index in [-0.39, 0.29) is 31.2 Å². The van der Waals surface area contributed by atoms with Crippen molar-refractivity contribution in [1.82, 2.24) is 5.32 Å². The fourth-order valence-corrected chi connectivity index (χ4v) is 1.05. The van der Waals surface area contributed by atoms with E-state index in [1.807, 2.05) is 0 Å². The van der Waals surface area contributed by atoms with Gasteiger partial charge in [0.25, 0.3) is 0 Å². The lowest BCUT2D eigenvalue weighted by molar-refractivity contribution is -0.142. The Kier molecular flexibility index (Phi) is 8.65. The number of rotatable bonds is 7. The maximum atomic E-state index is 11.5. The van der Waals surface area contributed by atoms with Crippen LogP contribution in [0, 0.1) is 0 Å². The smallest absolute Gasteiger partial charge is 0.354 e. The highest BCUT2D eigenvalue weighted by atomic mass is 35.5. The first-order chi connectivity index (χ1) is 8.54. The van der Waals surface area contributed by atoms with Gasteiger partial charge in [0.15, 0.2) is 0 Å². The minimum atomic E-state index is -0.722. The van der Waals surface area contributed by atoms with Crippen LogP contribution in [-0.2, 0) is 23.9 Å². The maximum Gasteiger partial charge on any atom is 0.354 e. The highest BCUT2D eigenvalue weighted by molar-refractivity contribution is 6.27. The van der Waals surface area contributed by atoms with Crippen LogP contribution in [-0.4, -0.2) is 36.9 Å². The number of hydrogen-bond donors (Lipinski definition) is 1. The fraction of sp³-hybridized carbons (Fsp3) is 0.545. The van der Waals surface area contributed by atoms with E-state index in [1.54, 1.807) is 13.8 Å². The first-order valence-electron chi connectivity index (χ1n) is 5.43. The minimum Gasteiger partial charge on any atom is -0.466 e. The molecule has 0 heterocycles. The van der Waals surface area contributed by atoms with Crippen LogP contribution in [0.1, 0.15) is 20.3 Å². The van der Waals surface area contributed by atoms with Gasteiger partial charge in [0.2, 0.25) is 5.91 Å².